The molecule has 1 aromatic carbocycles. The minimum Gasteiger partial charge on any atom is -0.388 e. The molecule has 3 heterocycles. The molecule has 3 N–H and O–H groups in total. The normalized spacial score (nSPS) is 42.7. The van der Waals surface area contributed by atoms with E-state index in [2.05, 4.69) is 53.5 Å². The van der Waals surface area contributed by atoms with Gasteiger partial charge in [0.1, 0.15) is 6.10 Å². The van der Waals surface area contributed by atoms with Crippen molar-refractivity contribution in [3.05, 3.63) is 59.3 Å². The van der Waals surface area contributed by atoms with Gasteiger partial charge in [-0.15, -0.1) is 0 Å². The predicted molar refractivity (Wildman–Crippen MR) is 131 cm³/mol. The number of ether oxygens (including phenoxy) is 1. The third-order valence-corrected chi connectivity index (χ3v) is 9.85. The van der Waals surface area contributed by atoms with E-state index in [1.165, 1.54) is 16.7 Å². The smallest absolute Gasteiger partial charge is 0.105 e. The molecule has 1 saturated carbocycles. The van der Waals surface area contributed by atoms with E-state index in [9.17, 15) is 10.2 Å². The van der Waals surface area contributed by atoms with Crippen LogP contribution in [0, 0.1) is 11.3 Å². The highest BCUT2D eigenvalue weighted by molar-refractivity contribution is 5.85. The number of rotatable bonds is 2. The van der Waals surface area contributed by atoms with Gasteiger partial charge in [0.05, 0.1) is 29.0 Å². The highest BCUT2D eigenvalue weighted by atomic mass is 16.5. The van der Waals surface area contributed by atoms with Crippen LogP contribution in [0.15, 0.2) is 53.8 Å². The van der Waals surface area contributed by atoms with Gasteiger partial charge in [-0.1, -0.05) is 37.3 Å². The number of fused-ring (bicyclic) bond motifs is 2. The zero-order valence-electron chi connectivity index (χ0n) is 20.1. The maximum Gasteiger partial charge on any atom is 0.105 e. The number of aromatic nitrogens is 2. The Morgan fingerprint density at radius 1 is 1.18 bits per heavy atom. The van der Waals surface area contributed by atoms with Gasteiger partial charge in [-0.3, -0.25) is 5.10 Å². The predicted octanol–water partition coefficient (Wildman–Crippen LogP) is 3.59. The molecule has 6 heteroatoms. The molecule has 0 radical (unpaired) electrons. The summed E-state index contributed by atoms with van der Waals surface area (Å²) in [6.45, 7) is 2.41. The first-order valence-corrected chi connectivity index (χ1v) is 12.6. The number of hydrogen-bond acceptors (Lipinski definition) is 5. The Labute approximate surface area is 200 Å². The lowest BCUT2D eigenvalue weighted by Crippen LogP contribution is -2.61. The number of nitrogens with zero attached hydrogens (tertiary/aromatic N) is 2. The van der Waals surface area contributed by atoms with Gasteiger partial charge in [0, 0.05) is 22.8 Å². The largest absolute Gasteiger partial charge is 0.388 e. The highest BCUT2D eigenvalue weighted by Gasteiger charge is 2.67. The summed E-state index contributed by atoms with van der Waals surface area (Å²) in [7, 11) is 3.96. The van der Waals surface area contributed by atoms with Crippen LogP contribution in [-0.2, 0) is 4.74 Å². The Morgan fingerprint density at radius 3 is 2.85 bits per heavy atom. The Morgan fingerprint density at radius 2 is 2.03 bits per heavy atom. The van der Waals surface area contributed by atoms with Crippen molar-refractivity contribution in [2.75, 3.05) is 14.1 Å². The van der Waals surface area contributed by atoms with Crippen LogP contribution in [0.5, 0.6) is 0 Å². The van der Waals surface area contributed by atoms with Crippen molar-refractivity contribution in [1.82, 2.24) is 15.1 Å². The molecule has 5 aliphatic rings. The summed E-state index contributed by atoms with van der Waals surface area (Å²) in [6.07, 6.45) is 11.7. The number of benzene rings is 1. The average molecular weight is 460 g/mol. The summed E-state index contributed by atoms with van der Waals surface area (Å²) in [5, 5.41) is 30.4. The van der Waals surface area contributed by atoms with Crippen molar-refractivity contribution in [1.29, 1.82) is 0 Å². The lowest BCUT2D eigenvalue weighted by molar-refractivity contribution is -0.161. The van der Waals surface area contributed by atoms with E-state index in [4.69, 9.17) is 4.74 Å². The molecule has 3 aliphatic carbocycles. The molecule has 7 unspecified atom stereocenters. The van der Waals surface area contributed by atoms with E-state index >= 15 is 0 Å². The second-order valence-electron chi connectivity index (χ2n) is 11.6. The van der Waals surface area contributed by atoms with Gasteiger partial charge in [-0.05, 0) is 74.5 Å². The van der Waals surface area contributed by atoms with Crippen molar-refractivity contribution >= 4 is 16.5 Å². The maximum absolute atomic E-state index is 11.1. The minimum absolute atomic E-state index is 0.0121. The first-order chi connectivity index (χ1) is 16.3. The number of aromatic amines is 1. The Balaban J connectivity index is 1.30. The quantitative estimate of drug-likeness (QED) is 0.640. The second-order valence-corrected chi connectivity index (χ2v) is 11.6. The van der Waals surface area contributed by atoms with Crippen molar-refractivity contribution in [3.8, 4) is 0 Å². The summed E-state index contributed by atoms with van der Waals surface area (Å²) in [5.41, 5.74) is 5.01. The number of nitrogens with one attached hydrogen (secondary N) is 1. The van der Waals surface area contributed by atoms with Gasteiger partial charge in [0.15, 0.2) is 0 Å². The molecule has 2 aliphatic heterocycles. The molecule has 6 nitrogen and oxygen atoms in total. The molecule has 2 bridgehead atoms. The van der Waals surface area contributed by atoms with E-state index in [0.717, 1.165) is 48.6 Å². The van der Waals surface area contributed by atoms with Crippen LogP contribution in [0.1, 0.15) is 44.6 Å². The van der Waals surface area contributed by atoms with Crippen LogP contribution in [-0.4, -0.2) is 68.9 Å². The van der Waals surface area contributed by atoms with Gasteiger partial charge in [0.25, 0.3) is 0 Å². The summed E-state index contributed by atoms with van der Waals surface area (Å²) in [6, 6.07) is 6.49. The average Bonchev–Trinajstić information content (AvgIpc) is 3.50. The van der Waals surface area contributed by atoms with Crippen LogP contribution < -0.4 is 0 Å². The topological polar surface area (TPSA) is 81.6 Å². The van der Waals surface area contributed by atoms with Gasteiger partial charge in [-0.2, -0.15) is 5.10 Å². The SMILES string of the molecule is CN(C)C1CC23CCC4(O2)C(=CCC2(C)C(c5ccc6cn[nH]c6c5)=CCC24)C=C3C(O)C1O. The summed E-state index contributed by atoms with van der Waals surface area (Å²) >= 11 is 0. The number of hydrogen-bond donors (Lipinski definition) is 3. The van der Waals surface area contributed by atoms with Gasteiger partial charge < -0.3 is 19.8 Å². The first-order valence-electron chi connectivity index (χ1n) is 12.6. The van der Waals surface area contributed by atoms with Crippen molar-refractivity contribution in [2.24, 2.45) is 11.3 Å². The van der Waals surface area contributed by atoms with Crippen molar-refractivity contribution in [2.45, 2.75) is 68.5 Å². The Kier molecular flexibility index (Phi) is 4.15. The Hall–Kier alpha value is -2.25. The molecule has 34 heavy (non-hydrogen) atoms. The molecule has 2 spiro atoms. The van der Waals surface area contributed by atoms with E-state index in [1.54, 1.807) is 0 Å². The molecule has 0 amide bonds. The fraction of sp³-hybridized carbons (Fsp3) is 0.536. The number of aliphatic hydroxyl groups is 2. The molecule has 7 rings (SSSR count). The van der Waals surface area contributed by atoms with E-state index in [1.807, 2.05) is 25.2 Å². The zero-order chi connectivity index (χ0) is 23.5. The molecule has 7 atom stereocenters. The van der Waals surface area contributed by atoms with Crippen LogP contribution >= 0.6 is 0 Å². The highest BCUT2D eigenvalue weighted by Crippen LogP contribution is 2.67. The van der Waals surface area contributed by atoms with Gasteiger partial charge in [0.2, 0.25) is 0 Å². The first kappa shape index (κ1) is 21.1. The van der Waals surface area contributed by atoms with Crippen LogP contribution in [0.4, 0.5) is 0 Å². The zero-order valence-corrected chi connectivity index (χ0v) is 20.1. The number of H-pyrrole nitrogens is 1. The van der Waals surface area contributed by atoms with Crippen LogP contribution in [0.2, 0.25) is 0 Å². The minimum atomic E-state index is -0.884. The van der Waals surface area contributed by atoms with E-state index < -0.39 is 17.8 Å². The summed E-state index contributed by atoms with van der Waals surface area (Å²) < 4.78 is 7.22. The fourth-order valence-corrected chi connectivity index (χ4v) is 8.05. The lowest BCUT2D eigenvalue weighted by Gasteiger charge is -2.55. The molecule has 1 aromatic heterocycles. The third kappa shape index (κ3) is 2.47. The maximum atomic E-state index is 11.1. The number of likely N-dealkylation sites (N-methyl/N-ethyl adjacent to an activating group) is 1. The lowest BCUT2D eigenvalue weighted by atomic mass is 9.58. The molecular formula is C28H33N3O3. The third-order valence-electron chi connectivity index (χ3n) is 9.85. The fourth-order valence-electron chi connectivity index (χ4n) is 8.05. The summed E-state index contributed by atoms with van der Waals surface area (Å²) in [5.74, 6) is 0.353. The van der Waals surface area contributed by atoms with Crippen LogP contribution in [0.25, 0.3) is 16.5 Å². The molecule has 1 saturated heterocycles. The van der Waals surface area contributed by atoms with Crippen molar-refractivity contribution in [3.63, 3.8) is 0 Å². The van der Waals surface area contributed by atoms with Gasteiger partial charge in [-0.25, -0.2) is 0 Å². The number of aliphatic hydroxyl groups excluding tert-OH is 2. The summed E-state index contributed by atoms with van der Waals surface area (Å²) in [4.78, 5) is 2.03. The standard InChI is InChI=1S/C28H33N3O3/c1-26-9-8-18-13-20-24(32)25(33)22(31(2)3)14-27(20)10-11-28(18,34-27)23(26)7-6-19(26)16-4-5-17-15-29-30-21(17)12-16/h4-6,8,12-13,15,22-25,32-33H,7,9-11,14H2,1-3H3,(H,29,30). The van der Waals surface area contributed by atoms with Crippen molar-refractivity contribution < 1.29 is 14.9 Å². The Bertz CT molecular complexity index is 1290. The monoisotopic (exact) mass is 459 g/mol. The molecular weight excluding hydrogens is 426 g/mol. The van der Waals surface area contributed by atoms with Crippen LogP contribution in [0.3, 0.4) is 0 Å². The van der Waals surface area contributed by atoms with Gasteiger partial charge >= 0.3 is 0 Å². The van der Waals surface area contributed by atoms with E-state index in [-0.39, 0.29) is 17.1 Å². The van der Waals surface area contributed by atoms with E-state index in [0.29, 0.717) is 5.92 Å². The number of allylic oxidation sites excluding steroid dienone is 3. The second kappa shape index (κ2) is 6.70. The molecule has 2 aromatic rings. The molecule has 2 fully saturated rings. The molecule has 178 valence electrons.